The van der Waals surface area contributed by atoms with Crippen LogP contribution in [0.15, 0.2) is 0 Å². The topological polar surface area (TPSA) is 42.0 Å². The fourth-order valence-electron chi connectivity index (χ4n) is 2.07. The molecule has 0 spiro atoms. The number of hydrogen-bond acceptors (Lipinski definition) is 3. The average molecular weight is 337 g/mol. The second kappa shape index (κ2) is 5.97. The van der Waals surface area contributed by atoms with Crippen LogP contribution in [-0.2, 0) is 9.47 Å². The minimum absolute atomic E-state index is 0.0158. The summed E-state index contributed by atoms with van der Waals surface area (Å²) < 4.78 is 10.6. The number of nitrogens with zero attached hydrogens (tertiary/aromatic N) is 2. The van der Waals surface area contributed by atoms with E-state index >= 15 is 0 Å². The second-order valence-electron chi connectivity index (χ2n) is 5.79. The standard InChI is InChI=1S/C13H25BrN2O3/c1-12(2,13(3,4)19-6)16-9-10(14)15(11(16)17)7-8-18-5/h10H,7-9H2,1-6H3. The van der Waals surface area contributed by atoms with E-state index in [0.29, 0.717) is 19.7 Å². The van der Waals surface area contributed by atoms with Crippen LogP contribution in [0, 0.1) is 0 Å². The van der Waals surface area contributed by atoms with Gasteiger partial charge in [0.25, 0.3) is 0 Å². The molecule has 1 fully saturated rings. The molecule has 6 heteroatoms. The third-order valence-electron chi connectivity index (χ3n) is 4.34. The average Bonchev–Trinajstić information content (AvgIpc) is 2.63. The molecule has 1 aliphatic heterocycles. The van der Waals surface area contributed by atoms with Gasteiger partial charge in [-0.25, -0.2) is 4.79 Å². The van der Waals surface area contributed by atoms with E-state index in [1.54, 1.807) is 19.1 Å². The molecular weight excluding hydrogens is 312 g/mol. The van der Waals surface area contributed by atoms with Gasteiger partial charge >= 0.3 is 6.03 Å². The van der Waals surface area contributed by atoms with Gasteiger partial charge in [-0.05, 0) is 27.7 Å². The maximum atomic E-state index is 12.5. The number of rotatable bonds is 6. The summed E-state index contributed by atoms with van der Waals surface area (Å²) in [5.74, 6) is 0. The summed E-state index contributed by atoms with van der Waals surface area (Å²) in [6.45, 7) is 9.84. The van der Waals surface area contributed by atoms with E-state index in [1.807, 2.05) is 32.6 Å². The second-order valence-corrected chi connectivity index (χ2v) is 6.84. The number of alkyl halides is 1. The third-order valence-corrected chi connectivity index (χ3v) is 5.13. The van der Waals surface area contributed by atoms with E-state index in [1.165, 1.54) is 0 Å². The van der Waals surface area contributed by atoms with Crippen molar-refractivity contribution in [3.05, 3.63) is 0 Å². The number of halogens is 1. The lowest BCUT2D eigenvalue weighted by Crippen LogP contribution is -2.59. The highest BCUT2D eigenvalue weighted by Gasteiger charge is 2.50. The van der Waals surface area contributed by atoms with Crippen LogP contribution < -0.4 is 0 Å². The Hall–Kier alpha value is -0.330. The molecule has 0 aromatic rings. The van der Waals surface area contributed by atoms with E-state index in [0.717, 1.165) is 0 Å². The van der Waals surface area contributed by atoms with Crippen molar-refractivity contribution in [2.24, 2.45) is 0 Å². The molecule has 1 heterocycles. The molecule has 0 aliphatic carbocycles. The Bertz CT molecular complexity index is 334. The molecule has 0 bridgehead atoms. The molecule has 19 heavy (non-hydrogen) atoms. The molecule has 0 N–H and O–H groups in total. The maximum absolute atomic E-state index is 12.5. The highest BCUT2D eigenvalue weighted by Crippen LogP contribution is 2.35. The molecular formula is C13H25BrN2O3. The van der Waals surface area contributed by atoms with Crippen LogP contribution in [0.4, 0.5) is 4.79 Å². The summed E-state index contributed by atoms with van der Waals surface area (Å²) in [6, 6.07) is 0.0223. The molecule has 112 valence electrons. The van der Waals surface area contributed by atoms with Crippen molar-refractivity contribution in [3.63, 3.8) is 0 Å². The van der Waals surface area contributed by atoms with Crippen molar-refractivity contribution in [1.29, 1.82) is 0 Å². The normalized spacial score (nSPS) is 21.4. The largest absolute Gasteiger partial charge is 0.383 e. The van der Waals surface area contributed by atoms with Crippen molar-refractivity contribution < 1.29 is 14.3 Å². The molecule has 0 aromatic carbocycles. The monoisotopic (exact) mass is 336 g/mol. The minimum atomic E-state index is -0.424. The first-order valence-electron chi connectivity index (χ1n) is 6.45. The van der Waals surface area contributed by atoms with Crippen molar-refractivity contribution in [2.45, 2.75) is 43.8 Å². The van der Waals surface area contributed by atoms with Crippen LogP contribution in [0.25, 0.3) is 0 Å². The van der Waals surface area contributed by atoms with Gasteiger partial charge in [0.15, 0.2) is 0 Å². The van der Waals surface area contributed by atoms with Gasteiger partial charge in [-0.2, -0.15) is 0 Å². The predicted octanol–water partition coefficient (Wildman–Crippen LogP) is 2.29. The van der Waals surface area contributed by atoms with E-state index < -0.39 is 11.1 Å². The smallest absolute Gasteiger partial charge is 0.321 e. The predicted molar refractivity (Wildman–Crippen MR) is 78.6 cm³/mol. The first-order valence-corrected chi connectivity index (χ1v) is 7.37. The van der Waals surface area contributed by atoms with Gasteiger partial charge in [-0.15, -0.1) is 0 Å². The zero-order chi connectivity index (χ0) is 14.8. The van der Waals surface area contributed by atoms with Crippen molar-refractivity contribution >= 4 is 22.0 Å². The Kier molecular flexibility index (Phi) is 5.26. The summed E-state index contributed by atoms with van der Waals surface area (Å²) in [4.78, 5) is 16.2. The molecule has 1 aliphatic rings. The fourth-order valence-corrected chi connectivity index (χ4v) is 2.74. The van der Waals surface area contributed by atoms with Gasteiger partial charge in [0.2, 0.25) is 0 Å². The highest BCUT2D eigenvalue weighted by atomic mass is 79.9. The van der Waals surface area contributed by atoms with Gasteiger partial charge in [0, 0.05) is 20.8 Å². The van der Waals surface area contributed by atoms with Crippen LogP contribution in [0.1, 0.15) is 27.7 Å². The van der Waals surface area contributed by atoms with Crippen LogP contribution in [0.2, 0.25) is 0 Å². The Labute approximate surface area is 124 Å². The summed E-state index contributed by atoms with van der Waals surface area (Å²) in [7, 11) is 3.32. The molecule has 2 amide bonds. The van der Waals surface area contributed by atoms with Gasteiger partial charge < -0.3 is 19.3 Å². The molecule has 0 saturated carbocycles. The maximum Gasteiger partial charge on any atom is 0.321 e. The first kappa shape index (κ1) is 16.7. The van der Waals surface area contributed by atoms with Crippen molar-refractivity contribution in [1.82, 2.24) is 9.80 Å². The lowest BCUT2D eigenvalue weighted by atomic mass is 9.84. The summed E-state index contributed by atoms with van der Waals surface area (Å²) in [5.41, 5.74) is -0.820. The van der Waals surface area contributed by atoms with E-state index in [2.05, 4.69) is 15.9 Å². The quantitative estimate of drug-likeness (QED) is 0.552. The zero-order valence-electron chi connectivity index (χ0n) is 12.7. The number of methoxy groups -OCH3 is 2. The van der Waals surface area contributed by atoms with E-state index in [-0.39, 0.29) is 11.0 Å². The number of carbonyl (C=O) groups excluding carboxylic acids is 1. The van der Waals surface area contributed by atoms with Gasteiger partial charge in [0.05, 0.1) is 24.3 Å². The van der Waals surface area contributed by atoms with Crippen LogP contribution in [0.3, 0.4) is 0 Å². The Morgan fingerprint density at radius 3 is 2.37 bits per heavy atom. The lowest BCUT2D eigenvalue weighted by molar-refractivity contribution is -0.0794. The molecule has 5 nitrogen and oxygen atoms in total. The molecule has 0 radical (unpaired) electrons. The third kappa shape index (κ3) is 3.06. The van der Waals surface area contributed by atoms with E-state index in [9.17, 15) is 4.79 Å². The summed E-state index contributed by atoms with van der Waals surface area (Å²) >= 11 is 3.56. The van der Waals surface area contributed by atoms with Crippen LogP contribution in [-0.4, -0.2) is 65.8 Å². The van der Waals surface area contributed by atoms with Crippen LogP contribution in [0.5, 0.6) is 0 Å². The Balaban J connectivity index is 2.89. The number of urea groups is 1. The number of amides is 2. The highest BCUT2D eigenvalue weighted by molar-refractivity contribution is 9.09. The number of hydrogen-bond donors (Lipinski definition) is 0. The Morgan fingerprint density at radius 1 is 1.32 bits per heavy atom. The minimum Gasteiger partial charge on any atom is -0.383 e. The van der Waals surface area contributed by atoms with Gasteiger partial charge in [-0.1, -0.05) is 15.9 Å². The molecule has 1 unspecified atom stereocenters. The molecule has 1 saturated heterocycles. The zero-order valence-corrected chi connectivity index (χ0v) is 14.3. The van der Waals surface area contributed by atoms with Gasteiger partial charge in [0.1, 0.15) is 4.95 Å². The number of ether oxygens (including phenoxy) is 2. The fraction of sp³-hybridized carbons (Fsp3) is 0.923. The lowest BCUT2D eigenvalue weighted by Gasteiger charge is -2.46. The van der Waals surface area contributed by atoms with Crippen LogP contribution >= 0.6 is 15.9 Å². The van der Waals surface area contributed by atoms with Gasteiger partial charge in [-0.3, -0.25) is 0 Å². The summed E-state index contributed by atoms with van der Waals surface area (Å²) in [5, 5.41) is 0. The van der Waals surface area contributed by atoms with Crippen molar-refractivity contribution in [3.8, 4) is 0 Å². The SMILES string of the molecule is COCCN1C(=O)N(C(C)(C)C(C)(C)OC)CC1Br. The Morgan fingerprint density at radius 2 is 1.89 bits per heavy atom. The molecule has 1 rings (SSSR count). The first-order chi connectivity index (χ1) is 8.69. The molecule has 0 aromatic heterocycles. The summed E-state index contributed by atoms with van der Waals surface area (Å²) in [6.07, 6.45) is 0. The molecule has 1 atom stereocenters. The van der Waals surface area contributed by atoms with E-state index in [4.69, 9.17) is 9.47 Å². The number of carbonyl (C=O) groups is 1. The van der Waals surface area contributed by atoms with Crippen molar-refractivity contribution in [2.75, 3.05) is 33.9 Å².